The number of hydrogen-bond acceptors (Lipinski definition) is 4. The normalized spacial score (nSPS) is 14.5. The second-order valence-electron chi connectivity index (χ2n) is 4.13. The third-order valence-corrected chi connectivity index (χ3v) is 2.76. The standard InChI is InChI=1S/C11H17N3O/c1-4-9-13-10(15-14-9)8-11(3,5-2)6-7-12/h4-6,8H2,1-3H3. The molecule has 0 spiro atoms. The van der Waals surface area contributed by atoms with Gasteiger partial charge in [0.2, 0.25) is 5.89 Å². The lowest BCUT2D eigenvalue weighted by atomic mass is 9.81. The van der Waals surface area contributed by atoms with Gasteiger partial charge in [-0.3, -0.25) is 0 Å². The molecular weight excluding hydrogens is 190 g/mol. The Kier molecular flexibility index (Phi) is 3.84. The summed E-state index contributed by atoms with van der Waals surface area (Å²) in [6, 6.07) is 2.21. The molecule has 0 bridgehead atoms. The van der Waals surface area contributed by atoms with Crippen LogP contribution >= 0.6 is 0 Å². The van der Waals surface area contributed by atoms with Crippen molar-refractivity contribution in [3.63, 3.8) is 0 Å². The molecule has 4 heteroatoms. The number of nitriles is 1. The van der Waals surface area contributed by atoms with Crippen LogP contribution in [0, 0.1) is 16.7 Å². The molecule has 0 N–H and O–H groups in total. The minimum Gasteiger partial charge on any atom is -0.339 e. The van der Waals surface area contributed by atoms with Crippen molar-refractivity contribution < 1.29 is 4.52 Å². The Morgan fingerprint density at radius 2 is 2.20 bits per heavy atom. The first-order valence-electron chi connectivity index (χ1n) is 5.32. The highest BCUT2D eigenvalue weighted by Gasteiger charge is 2.25. The van der Waals surface area contributed by atoms with Gasteiger partial charge in [0.1, 0.15) is 0 Å². The number of hydrogen-bond donors (Lipinski definition) is 0. The van der Waals surface area contributed by atoms with Crippen molar-refractivity contribution in [2.24, 2.45) is 5.41 Å². The summed E-state index contributed by atoms with van der Waals surface area (Å²) >= 11 is 0. The molecule has 0 fully saturated rings. The van der Waals surface area contributed by atoms with Crippen LogP contribution in [0.1, 0.15) is 45.3 Å². The van der Waals surface area contributed by atoms with Crippen LogP contribution in [0.15, 0.2) is 4.52 Å². The molecule has 0 radical (unpaired) electrons. The van der Waals surface area contributed by atoms with Gasteiger partial charge in [0.25, 0.3) is 0 Å². The average Bonchev–Trinajstić information content (AvgIpc) is 2.66. The Hall–Kier alpha value is -1.37. The fraction of sp³-hybridized carbons (Fsp3) is 0.727. The summed E-state index contributed by atoms with van der Waals surface area (Å²) in [5.41, 5.74) is -0.0493. The van der Waals surface area contributed by atoms with Crippen LogP contribution in [0.3, 0.4) is 0 Å². The molecule has 0 aliphatic carbocycles. The van der Waals surface area contributed by atoms with Gasteiger partial charge in [0.15, 0.2) is 5.82 Å². The van der Waals surface area contributed by atoms with Crippen LogP contribution in [0.25, 0.3) is 0 Å². The van der Waals surface area contributed by atoms with E-state index in [0.717, 1.165) is 18.7 Å². The molecule has 1 aromatic heterocycles. The Morgan fingerprint density at radius 3 is 2.67 bits per heavy atom. The van der Waals surface area contributed by atoms with E-state index in [4.69, 9.17) is 9.78 Å². The monoisotopic (exact) mass is 207 g/mol. The van der Waals surface area contributed by atoms with Gasteiger partial charge >= 0.3 is 0 Å². The highest BCUT2D eigenvalue weighted by atomic mass is 16.5. The molecular formula is C11H17N3O. The van der Waals surface area contributed by atoms with Crippen LogP contribution in [-0.2, 0) is 12.8 Å². The summed E-state index contributed by atoms with van der Waals surface area (Å²) in [5, 5.41) is 12.6. The molecule has 1 heterocycles. The van der Waals surface area contributed by atoms with Crippen molar-refractivity contribution in [1.29, 1.82) is 5.26 Å². The number of nitrogens with zero attached hydrogens (tertiary/aromatic N) is 3. The van der Waals surface area contributed by atoms with E-state index in [-0.39, 0.29) is 5.41 Å². The van der Waals surface area contributed by atoms with E-state index >= 15 is 0 Å². The van der Waals surface area contributed by atoms with Crippen LogP contribution in [0.4, 0.5) is 0 Å². The minimum absolute atomic E-state index is 0.0493. The maximum absolute atomic E-state index is 8.75. The number of rotatable bonds is 5. The van der Waals surface area contributed by atoms with Gasteiger partial charge in [-0.15, -0.1) is 0 Å². The summed E-state index contributed by atoms with van der Waals surface area (Å²) < 4.78 is 5.13. The number of aromatic nitrogens is 2. The average molecular weight is 207 g/mol. The Labute approximate surface area is 90.3 Å². The van der Waals surface area contributed by atoms with Gasteiger partial charge in [-0.1, -0.05) is 25.9 Å². The lowest BCUT2D eigenvalue weighted by Crippen LogP contribution is -2.18. The molecule has 1 aromatic rings. The predicted octanol–water partition coefficient (Wildman–Crippen LogP) is 2.50. The van der Waals surface area contributed by atoms with E-state index in [1.807, 2.05) is 6.92 Å². The highest BCUT2D eigenvalue weighted by Crippen LogP contribution is 2.29. The van der Waals surface area contributed by atoms with Crippen molar-refractivity contribution in [1.82, 2.24) is 10.1 Å². The van der Waals surface area contributed by atoms with E-state index in [2.05, 4.69) is 30.1 Å². The quantitative estimate of drug-likeness (QED) is 0.744. The first-order chi connectivity index (χ1) is 7.13. The molecule has 0 saturated heterocycles. The third-order valence-electron chi connectivity index (χ3n) is 2.76. The van der Waals surface area contributed by atoms with Gasteiger partial charge in [-0.25, -0.2) is 0 Å². The zero-order valence-corrected chi connectivity index (χ0v) is 9.58. The molecule has 0 aromatic carbocycles. The Balaban J connectivity index is 2.70. The van der Waals surface area contributed by atoms with Gasteiger partial charge < -0.3 is 4.52 Å². The SMILES string of the molecule is CCc1noc(CC(C)(CC)CC#N)n1. The fourth-order valence-corrected chi connectivity index (χ4v) is 1.37. The largest absolute Gasteiger partial charge is 0.339 e. The van der Waals surface area contributed by atoms with Crippen molar-refractivity contribution in [3.05, 3.63) is 11.7 Å². The minimum atomic E-state index is -0.0493. The predicted molar refractivity (Wildman–Crippen MR) is 56.0 cm³/mol. The third kappa shape index (κ3) is 3.05. The molecule has 1 unspecified atom stereocenters. The molecule has 82 valence electrons. The van der Waals surface area contributed by atoms with E-state index in [1.54, 1.807) is 0 Å². The molecule has 1 rings (SSSR count). The van der Waals surface area contributed by atoms with Crippen LogP contribution in [0.2, 0.25) is 0 Å². The topological polar surface area (TPSA) is 62.7 Å². The summed E-state index contributed by atoms with van der Waals surface area (Å²) in [4.78, 5) is 4.26. The summed E-state index contributed by atoms with van der Waals surface area (Å²) in [5.74, 6) is 1.38. The zero-order chi connectivity index (χ0) is 11.3. The first-order valence-corrected chi connectivity index (χ1v) is 5.32. The molecule has 4 nitrogen and oxygen atoms in total. The van der Waals surface area contributed by atoms with Gasteiger partial charge in [-0.2, -0.15) is 10.2 Å². The van der Waals surface area contributed by atoms with Gasteiger partial charge in [0.05, 0.1) is 6.07 Å². The Morgan fingerprint density at radius 1 is 1.47 bits per heavy atom. The number of aryl methyl sites for hydroxylation is 1. The Bertz CT molecular complexity index is 353. The van der Waals surface area contributed by atoms with Crippen LogP contribution in [-0.4, -0.2) is 10.1 Å². The molecule has 1 atom stereocenters. The summed E-state index contributed by atoms with van der Waals surface area (Å²) in [6.07, 6.45) is 2.92. The highest BCUT2D eigenvalue weighted by molar-refractivity contribution is 4.94. The van der Waals surface area contributed by atoms with Crippen molar-refractivity contribution >= 4 is 0 Å². The summed E-state index contributed by atoms with van der Waals surface area (Å²) in [6.45, 7) is 6.14. The molecule has 0 aliphatic heterocycles. The molecule has 0 aliphatic rings. The lowest BCUT2D eigenvalue weighted by molar-refractivity contribution is 0.265. The summed E-state index contributed by atoms with van der Waals surface area (Å²) in [7, 11) is 0. The van der Waals surface area contributed by atoms with Crippen molar-refractivity contribution in [2.75, 3.05) is 0 Å². The second-order valence-corrected chi connectivity index (χ2v) is 4.13. The van der Waals surface area contributed by atoms with E-state index in [1.165, 1.54) is 0 Å². The van der Waals surface area contributed by atoms with Gasteiger partial charge in [-0.05, 0) is 11.8 Å². The van der Waals surface area contributed by atoms with Crippen molar-refractivity contribution in [3.8, 4) is 6.07 Å². The van der Waals surface area contributed by atoms with Gasteiger partial charge in [0, 0.05) is 19.3 Å². The zero-order valence-electron chi connectivity index (χ0n) is 9.58. The maximum atomic E-state index is 8.75. The van der Waals surface area contributed by atoms with E-state index < -0.39 is 0 Å². The molecule has 15 heavy (non-hydrogen) atoms. The van der Waals surface area contributed by atoms with E-state index in [0.29, 0.717) is 18.7 Å². The lowest BCUT2D eigenvalue weighted by Gasteiger charge is -2.22. The van der Waals surface area contributed by atoms with E-state index in [9.17, 15) is 0 Å². The first kappa shape index (κ1) is 11.7. The van der Waals surface area contributed by atoms with Crippen LogP contribution < -0.4 is 0 Å². The molecule has 0 amide bonds. The van der Waals surface area contributed by atoms with Crippen molar-refractivity contribution in [2.45, 2.75) is 46.5 Å². The maximum Gasteiger partial charge on any atom is 0.227 e. The van der Waals surface area contributed by atoms with Crippen LogP contribution in [0.5, 0.6) is 0 Å². The molecule has 0 saturated carbocycles. The second kappa shape index (κ2) is 4.92. The smallest absolute Gasteiger partial charge is 0.227 e. The fourth-order valence-electron chi connectivity index (χ4n) is 1.37.